The van der Waals surface area contributed by atoms with Gasteiger partial charge in [0.15, 0.2) is 6.61 Å². The number of aliphatic carboxylic acids is 1. The summed E-state index contributed by atoms with van der Waals surface area (Å²) >= 11 is 0. The first kappa shape index (κ1) is 15.4. The van der Waals surface area contributed by atoms with Gasteiger partial charge in [-0.25, -0.2) is 0 Å². The Morgan fingerprint density at radius 2 is 1.86 bits per heavy atom. The lowest BCUT2D eigenvalue weighted by Crippen LogP contribution is -2.33. The van der Waals surface area contributed by atoms with E-state index in [2.05, 4.69) is 0 Å². The van der Waals surface area contributed by atoms with E-state index in [1.54, 1.807) is 4.90 Å². The Morgan fingerprint density at radius 3 is 2.38 bits per heavy atom. The molecule has 0 unspecified atom stereocenters. The van der Waals surface area contributed by atoms with Crippen LogP contribution in [0.15, 0.2) is 18.2 Å². The molecule has 1 aliphatic heterocycles. The Balaban J connectivity index is 1.92. The van der Waals surface area contributed by atoms with Gasteiger partial charge >= 0.3 is 5.97 Å². The Kier molecular flexibility index (Phi) is 4.50. The van der Waals surface area contributed by atoms with Crippen LogP contribution in [0.3, 0.4) is 0 Å². The highest BCUT2D eigenvalue weighted by molar-refractivity contribution is 5.80. The Morgan fingerprint density at radius 1 is 1.24 bits per heavy atom. The molecule has 114 valence electrons. The molecule has 1 aromatic rings. The number of rotatable bonds is 4. The van der Waals surface area contributed by atoms with Crippen molar-refractivity contribution in [3.8, 4) is 5.75 Å². The second kappa shape index (κ2) is 6.16. The molecule has 5 nitrogen and oxygen atoms in total. The number of ether oxygens (including phenoxy) is 1. The predicted octanol–water partition coefficient (Wildman–Crippen LogP) is 1.86. The SMILES string of the molecule is Cc1cc(C)cc(OCC(=O)N2C[C@@H](C)[C@H](C(=O)O)C2)c1. The Hall–Kier alpha value is -2.04. The molecule has 1 N–H and O–H groups in total. The second-order valence-electron chi connectivity index (χ2n) is 5.83. The molecule has 1 fully saturated rings. The van der Waals surface area contributed by atoms with Crippen LogP contribution < -0.4 is 4.74 Å². The molecule has 2 rings (SSSR count). The number of carbonyl (C=O) groups excluding carboxylic acids is 1. The number of hydrogen-bond donors (Lipinski definition) is 1. The largest absolute Gasteiger partial charge is 0.484 e. The summed E-state index contributed by atoms with van der Waals surface area (Å²) in [6.45, 7) is 6.50. The number of carboxylic acids is 1. The number of carbonyl (C=O) groups is 2. The van der Waals surface area contributed by atoms with Crippen molar-refractivity contribution in [3.63, 3.8) is 0 Å². The van der Waals surface area contributed by atoms with Gasteiger partial charge < -0.3 is 14.7 Å². The van der Waals surface area contributed by atoms with Crippen LogP contribution in [-0.2, 0) is 9.59 Å². The quantitative estimate of drug-likeness (QED) is 0.919. The van der Waals surface area contributed by atoms with E-state index in [0.29, 0.717) is 12.3 Å². The zero-order valence-corrected chi connectivity index (χ0v) is 12.6. The minimum absolute atomic E-state index is 0.0207. The first-order valence-electron chi connectivity index (χ1n) is 7.08. The summed E-state index contributed by atoms with van der Waals surface area (Å²) in [6, 6.07) is 5.80. The van der Waals surface area contributed by atoms with E-state index in [0.717, 1.165) is 11.1 Å². The predicted molar refractivity (Wildman–Crippen MR) is 78.3 cm³/mol. The Bertz CT molecular complexity index is 535. The fraction of sp³-hybridized carbons (Fsp3) is 0.500. The zero-order chi connectivity index (χ0) is 15.6. The molecular weight excluding hydrogens is 270 g/mol. The van der Waals surface area contributed by atoms with E-state index in [4.69, 9.17) is 9.84 Å². The van der Waals surface area contributed by atoms with Gasteiger partial charge in [0.2, 0.25) is 0 Å². The van der Waals surface area contributed by atoms with Crippen molar-refractivity contribution in [2.24, 2.45) is 11.8 Å². The van der Waals surface area contributed by atoms with Crippen LogP contribution in [0.2, 0.25) is 0 Å². The van der Waals surface area contributed by atoms with E-state index in [1.807, 2.05) is 39.0 Å². The summed E-state index contributed by atoms with van der Waals surface area (Å²) in [7, 11) is 0. The van der Waals surface area contributed by atoms with Gasteiger partial charge in [0.05, 0.1) is 5.92 Å². The molecule has 1 heterocycles. The molecule has 5 heteroatoms. The monoisotopic (exact) mass is 291 g/mol. The van der Waals surface area contributed by atoms with E-state index >= 15 is 0 Å². The molecule has 0 spiro atoms. The summed E-state index contributed by atoms with van der Waals surface area (Å²) in [4.78, 5) is 24.8. The molecule has 0 saturated carbocycles. The molecule has 0 aliphatic carbocycles. The lowest BCUT2D eigenvalue weighted by Gasteiger charge is -2.16. The summed E-state index contributed by atoms with van der Waals surface area (Å²) in [5.74, 6) is -0.830. The molecule has 0 aromatic heterocycles. The van der Waals surface area contributed by atoms with Gasteiger partial charge in [-0.2, -0.15) is 0 Å². The van der Waals surface area contributed by atoms with Crippen molar-refractivity contribution in [3.05, 3.63) is 29.3 Å². The highest BCUT2D eigenvalue weighted by Gasteiger charge is 2.36. The van der Waals surface area contributed by atoms with Gasteiger partial charge in [0.25, 0.3) is 5.91 Å². The minimum atomic E-state index is -0.840. The fourth-order valence-corrected chi connectivity index (χ4v) is 2.74. The first-order chi connectivity index (χ1) is 9.86. The Labute approximate surface area is 124 Å². The van der Waals surface area contributed by atoms with Crippen molar-refractivity contribution in [2.75, 3.05) is 19.7 Å². The highest BCUT2D eigenvalue weighted by Crippen LogP contribution is 2.23. The van der Waals surface area contributed by atoms with Crippen LogP contribution in [0, 0.1) is 25.7 Å². The molecular formula is C16H21NO4. The number of benzene rings is 1. The summed E-state index contributed by atoms with van der Waals surface area (Å²) in [6.07, 6.45) is 0. The maximum absolute atomic E-state index is 12.1. The van der Waals surface area contributed by atoms with Gasteiger partial charge in [-0.1, -0.05) is 13.0 Å². The first-order valence-corrected chi connectivity index (χ1v) is 7.08. The van der Waals surface area contributed by atoms with Crippen molar-refractivity contribution in [1.82, 2.24) is 4.90 Å². The van der Waals surface area contributed by atoms with E-state index in [-0.39, 0.29) is 25.0 Å². The standard InChI is InChI=1S/C16H21NO4/c1-10-4-11(2)6-13(5-10)21-9-15(18)17-7-12(3)14(8-17)16(19)20/h4-6,12,14H,7-9H2,1-3H3,(H,19,20)/t12-,14-/m1/s1. The third kappa shape index (κ3) is 3.74. The number of hydrogen-bond acceptors (Lipinski definition) is 3. The van der Waals surface area contributed by atoms with Crippen LogP contribution in [0.25, 0.3) is 0 Å². The molecule has 1 saturated heterocycles. The topological polar surface area (TPSA) is 66.8 Å². The lowest BCUT2D eigenvalue weighted by molar-refractivity contribution is -0.142. The molecule has 21 heavy (non-hydrogen) atoms. The van der Waals surface area contributed by atoms with Crippen LogP contribution in [-0.4, -0.2) is 41.6 Å². The summed E-state index contributed by atoms with van der Waals surface area (Å²) in [5, 5.41) is 9.08. The van der Waals surface area contributed by atoms with Crippen LogP contribution in [0.1, 0.15) is 18.1 Å². The van der Waals surface area contributed by atoms with E-state index in [1.165, 1.54) is 0 Å². The third-order valence-corrected chi connectivity index (χ3v) is 3.84. The van der Waals surface area contributed by atoms with Crippen LogP contribution in [0.5, 0.6) is 5.75 Å². The average molecular weight is 291 g/mol. The maximum Gasteiger partial charge on any atom is 0.308 e. The van der Waals surface area contributed by atoms with Gasteiger partial charge in [-0.15, -0.1) is 0 Å². The fourth-order valence-electron chi connectivity index (χ4n) is 2.74. The van der Waals surface area contributed by atoms with Crippen molar-refractivity contribution < 1.29 is 19.4 Å². The molecule has 1 amide bonds. The third-order valence-electron chi connectivity index (χ3n) is 3.84. The zero-order valence-electron chi connectivity index (χ0n) is 12.6. The summed E-state index contributed by atoms with van der Waals surface area (Å²) < 4.78 is 5.53. The summed E-state index contributed by atoms with van der Waals surface area (Å²) in [5.41, 5.74) is 2.16. The second-order valence-corrected chi connectivity index (χ2v) is 5.83. The smallest absolute Gasteiger partial charge is 0.308 e. The van der Waals surface area contributed by atoms with Gasteiger partial charge in [-0.05, 0) is 43.0 Å². The lowest BCUT2D eigenvalue weighted by atomic mass is 9.99. The molecule has 1 aliphatic rings. The number of amides is 1. The minimum Gasteiger partial charge on any atom is -0.484 e. The van der Waals surface area contributed by atoms with Gasteiger partial charge in [0, 0.05) is 13.1 Å². The van der Waals surface area contributed by atoms with Gasteiger partial charge in [-0.3, -0.25) is 9.59 Å². The number of likely N-dealkylation sites (tertiary alicyclic amines) is 1. The van der Waals surface area contributed by atoms with Crippen molar-refractivity contribution in [2.45, 2.75) is 20.8 Å². The number of carboxylic acid groups (broad SMARTS) is 1. The van der Waals surface area contributed by atoms with Crippen LogP contribution >= 0.6 is 0 Å². The highest BCUT2D eigenvalue weighted by atomic mass is 16.5. The molecule has 1 aromatic carbocycles. The van der Waals surface area contributed by atoms with E-state index < -0.39 is 11.9 Å². The molecule has 0 bridgehead atoms. The van der Waals surface area contributed by atoms with E-state index in [9.17, 15) is 9.59 Å². The molecule has 0 radical (unpaired) electrons. The number of aryl methyl sites for hydroxylation is 2. The van der Waals surface area contributed by atoms with Gasteiger partial charge in [0.1, 0.15) is 5.75 Å². The van der Waals surface area contributed by atoms with Crippen molar-refractivity contribution in [1.29, 1.82) is 0 Å². The van der Waals surface area contributed by atoms with Crippen LogP contribution in [0.4, 0.5) is 0 Å². The maximum atomic E-state index is 12.1. The van der Waals surface area contributed by atoms with Crippen molar-refractivity contribution >= 4 is 11.9 Å². The number of nitrogens with zero attached hydrogens (tertiary/aromatic N) is 1. The average Bonchev–Trinajstić information content (AvgIpc) is 2.77. The molecule has 2 atom stereocenters. The normalized spacial score (nSPS) is 21.4.